The first kappa shape index (κ1) is 14.2. The lowest BCUT2D eigenvalue weighted by Gasteiger charge is -2.32. The summed E-state index contributed by atoms with van der Waals surface area (Å²) in [5.41, 5.74) is 7.36. The molecule has 1 heterocycles. The summed E-state index contributed by atoms with van der Waals surface area (Å²) >= 11 is 0. The zero-order chi connectivity index (χ0) is 14.8. The van der Waals surface area contributed by atoms with Gasteiger partial charge >= 0.3 is 0 Å². The Labute approximate surface area is 126 Å². The van der Waals surface area contributed by atoms with Crippen LogP contribution in [0.2, 0.25) is 0 Å². The lowest BCUT2D eigenvalue weighted by molar-refractivity contribution is 0.243. The van der Waals surface area contributed by atoms with Crippen LogP contribution in [0.15, 0.2) is 36.4 Å². The monoisotopic (exact) mass is 284 g/mol. The maximum absolute atomic E-state index is 6.08. The average molecular weight is 284 g/mol. The number of nitrogens with two attached hydrogens (primary N) is 1. The number of benzene rings is 2. The van der Waals surface area contributed by atoms with E-state index in [4.69, 9.17) is 10.5 Å². The van der Waals surface area contributed by atoms with Crippen molar-refractivity contribution in [2.45, 2.75) is 38.8 Å². The third-order valence-corrected chi connectivity index (χ3v) is 3.99. The second kappa shape index (κ2) is 5.94. The van der Waals surface area contributed by atoms with Crippen LogP contribution < -0.4 is 15.4 Å². The molecule has 2 aromatic carbocycles. The van der Waals surface area contributed by atoms with Gasteiger partial charge in [-0.25, -0.2) is 0 Å². The Balaban J connectivity index is 1.86. The fraction of sp³-hybridized carbons (Fsp3) is 0.444. The van der Waals surface area contributed by atoms with Crippen LogP contribution in [0.25, 0.3) is 10.8 Å². The SMILES string of the molecule is CC(C)Oc1ccc2cc(N3CCCC(N)C3)ccc2c1. The minimum absolute atomic E-state index is 0.205. The molecule has 3 heteroatoms. The molecule has 1 saturated heterocycles. The molecule has 1 fully saturated rings. The molecule has 2 aromatic rings. The number of fused-ring (bicyclic) bond motifs is 1. The van der Waals surface area contributed by atoms with Crippen molar-refractivity contribution >= 4 is 16.5 Å². The number of piperidine rings is 1. The number of nitrogens with zero attached hydrogens (tertiary/aromatic N) is 1. The van der Waals surface area contributed by atoms with Crippen LogP contribution >= 0.6 is 0 Å². The maximum Gasteiger partial charge on any atom is 0.120 e. The van der Waals surface area contributed by atoms with Crippen molar-refractivity contribution in [3.05, 3.63) is 36.4 Å². The summed E-state index contributed by atoms with van der Waals surface area (Å²) in [6, 6.07) is 13.2. The third kappa shape index (κ3) is 3.30. The van der Waals surface area contributed by atoms with Crippen LogP contribution in [0.1, 0.15) is 26.7 Å². The van der Waals surface area contributed by atoms with Crippen molar-refractivity contribution in [2.75, 3.05) is 18.0 Å². The molecule has 112 valence electrons. The third-order valence-electron chi connectivity index (χ3n) is 3.99. The Morgan fingerprint density at radius 3 is 2.67 bits per heavy atom. The highest BCUT2D eigenvalue weighted by Crippen LogP contribution is 2.27. The Bertz CT molecular complexity index is 624. The zero-order valence-corrected chi connectivity index (χ0v) is 12.9. The molecule has 0 aromatic heterocycles. The van der Waals surface area contributed by atoms with Crippen LogP contribution in [0.3, 0.4) is 0 Å². The summed E-state index contributed by atoms with van der Waals surface area (Å²) in [6.45, 7) is 6.16. The van der Waals surface area contributed by atoms with Gasteiger partial charge in [-0.3, -0.25) is 0 Å². The van der Waals surface area contributed by atoms with E-state index in [-0.39, 0.29) is 6.10 Å². The molecule has 0 saturated carbocycles. The Morgan fingerprint density at radius 2 is 1.90 bits per heavy atom. The van der Waals surface area contributed by atoms with Crippen LogP contribution in [-0.2, 0) is 0 Å². The Morgan fingerprint density at radius 1 is 1.14 bits per heavy atom. The van der Waals surface area contributed by atoms with Crippen molar-refractivity contribution < 1.29 is 4.74 Å². The first-order chi connectivity index (χ1) is 10.1. The van der Waals surface area contributed by atoms with E-state index in [1.54, 1.807) is 0 Å². The van der Waals surface area contributed by atoms with E-state index in [2.05, 4.69) is 35.2 Å². The second-order valence-electron chi connectivity index (χ2n) is 6.21. The summed E-state index contributed by atoms with van der Waals surface area (Å²) in [7, 11) is 0. The first-order valence-electron chi connectivity index (χ1n) is 7.83. The lowest BCUT2D eigenvalue weighted by Crippen LogP contribution is -2.42. The van der Waals surface area contributed by atoms with Gasteiger partial charge in [-0.2, -0.15) is 0 Å². The summed E-state index contributed by atoms with van der Waals surface area (Å²) in [6.07, 6.45) is 2.52. The van der Waals surface area contributed by atoms with Crippen molar-refractivity contribution in [3.8, 4) is 5.75 Å². The Hall–Kier alpha value is -1.74. The van der Waals surface area contributed by atoms with Crippen molar-refractivity contribution in [2.24, 2.45) is 5.73 Å². The minimum Gasteiger partial charge on any atom is -0.491 e. The fourth-order valence-electron chi connectivity index (χ4n) is 3.00. The van der Waals surface area contributed by atoms with Crippen LogP contribution in [0.4, 0.5) is 5.69 Å². The lowest BCUT2D eigenvalue weighted by atomic mass is 10.0. The van der Waals surface area contributed by atoms with E-state index < -0.39 is 0 Å². The van der Waals surface area contributed by atoms with E-state index in [1.165, 1.54) is 22.9 Å². The van der Waals surface area contributed by atoms with E-state index >= 15 is 0 Å². The minimum atomic E-state index is 0.205. The molecule has 0 amide bonds. The predicted molar refractivity (Wildman–Crippen MR) is 89.1 cm³/mol. The van der Waals surface area contributed by atoms with Gasteiger partial charge in [0.15, 0.2) is 0 Å². The molecule has 0 spiro atoms. The van der Waals surface area contributed by atoms with E-state index in [1.807, 2.05) is 19.9 Å². The molecule has 1 unspecified atom stereocenters. The number of ether oxygens (including phenoxy) is 1. The molecular formula is C18H24N2O. The Kier molecular flexibility index (Phi) is 4.02. The summed E-state index contributed by atoms with van der Waals surface area (Å²) in [4.78, 5) is 2.39. The standard InChI is InChI=1S/C18H24N2O/c1-13(2)21-18-8-6-14-10-17(7-5-15(14)11-18)20-9-3-4-16(19)12-20/h5-8,10-11,13,16H,3-4,9,12,19H2,1-2H3. The first-order valence-corrected chi connectivity index (χ1v) is 7.83. The summed E-state index contributed by atoms with van der Waals surface area (Å²) in [5.74, 6) is 0.935. The van der Waals surface area contributed by atoms with Gasteiger partial charge in [0.2, 0.25) is 0 Å². The molecule has 3 nitrogen and oxygen atoms in total. The number of anilines is 1. The molecule has 1 atom stereocenters. The molecular weight excluding hydrogens is 260 g/mol. The van der Waals surface area contributed by atoms with E-state index in [9.17, 15) is 0 Å². The van der Waals surface area contributed by atoms with Crippen molar-refractivity contribution in [1.29, 1.82) is 0 Å². The van der Waals surface area contributed by atoms with E-state index in [0.717, 1.165) is 25.3 Å². The molecule has 21 heavy (non-hydrogen) atoms. The summed E-state index contributed by atoms with van der Waals surface area (Å²) in [5, 5.41) is 2.47. The molecule has 3 rings (SSSR count). The molecule has 1 aliphatic heterocycles. The molecule has 0 radical (unpaired) electrons. The smallest absolute Gasteiger partial charge is 0.120 e. The van der Waals surface area contributed by atoms with Gasteiger partial charge in [0, 0.05) is 24.8 Å². The fourth-order valence-corrected chi connectivity index (χ4v) is 3.00. The van der Waals surface area contributed by atoms with Gasteiger partial charge in [0.05, 0.1) is 6.10 Å². The van der Waals surface area contributed by atoms with Gasteiger partial charge in [0.25, 0.3) is 0 Å². The second-order valence-corrected chi connectivity index (χ2v) is 6.21. The topological polar surface area (TPSA) is 38.5 Å². The van der Waals surface area contributed by atoms with Crippen molar-refractivity contribution in [3.63, 3.8) is 0 Å². The molecule has 1 aliphatic rings. The van der Waals surface area contributed by atoms with Crippen LogP contribution in [0.5, 0.6) is 5.75 Å². The highest BCUT2D eigenvalue weighted by molar-refractivity contribution is 5.87. The highest BCUT2D eigenvalue weighted by Gasteiger charge is 2.17. The van der Waals surface area contributed by atoms with E-state index in [0.29, 0.717) is 6.04 Å². The average Bonchev–Trinajstić information content (AvgIpc) is 2.46. The van der Waals surface area contributed by atoms with Gasteiger partial charge in [0.1, 0.15) is 5.75 Å². The summed E-state index contributed by atoms with van der Waals surface area (Å²) < 4.78 is 5.76. The van der Waals surface area contributed by atoms with Crippen LogP contribution in [-0.4, -0.2) is 25.2 Å². The van der Waals surface area contributed by atoms with Gasteiger partial charge in [-0.05, 0) is 61.7 Å². The predicted octanol–water partition coefficient (Wildman–Crippen LogP) is 3.55. The van der Waals surface area contributed by atoms with Gasteiger partial charge in [-0.15, -0.1) is 0 Å². The molecule has 0 aliphatic carbocycles. The largest absolute Gasteiger partial charge is 0.491 e. The normalized spacial score (nSPS) is 19.2. The maximum atomic E-state index is 6.08. The molecule has 0 bridgehead atoms. The van der Waals surface area contributed by atoms with Gasteiger partial charge < -0.3 is 15.4 Å². The van der Waals surface area contributed by atoms with Crippen molar-refractivity contribution in [1.82, 2.24) is 0 Å². The quantitative estimate of drug-likeness (QED) is 0.936. The number of hydrogen-bond donors (Lipinski definition) is 1. The van der Waals surface area contributed by atoms with Gasteiger partial charge in [-0.1, -0.05) is 12.1 Å². The molecule has 2 N–H and O–H groups in total. The van der Waals surface area contributed by atoms with Crippen LogP contribution in [0, 0.1) is 0 Å². The number of hydrogen-bond acceptors (Lipinski definition) is 3. The zero-order valence-electron chi connectivity index (χ0n) is 12.9. The number of rotatable bonds is 3. The highest BCUT2D eigenvalue weighted by atomic mass is 16.5.